The fraction of sp³-hybridized carbons (Fsp3) is 0.600. The second-order valence-electron chi connectivity index (χ2n) is 2.24. The van der Waals surface area contributed by atoms with Crippen molar-refractivity contribution >= 4 is 10.2 Å². The topological polar surface area (TPSA) is 75.4 Å². The van der Waals surface area contributed by atoms with Crippen molar-refractivity contribution in [3.8, 4) is 0 Å². The van der Waals surface area contributed by atoms with E-state index in [-0.39, 0.29) is 0 Å². The van der Waals surface area contributed by atoms with E-state index in [4.69, 9.17) is 5.14 Å². The first kappa shape index (κ1) is 8.66. The van der Waals surface area contributed by atoms with Crippen LogP contribution in [0.2, 0.25) is 0 Å². The molecular weight excluding hydrogens is 166 g/mol. The van der Waals surface area contributed by atoms with Crippen molar-refractivity contribution in [2.75, 3.05) is 13.1 Å². The summed E-state index contributed by atoms with van der Waals surface area (Å²) in [5, 5.41) is 4.89. The van der Waals surface area contributed by atoms with E-state index >= 15 is 0 Å². The van der Waals surface area contributed by atoms with Gasteiger partial charge in [0, 0.05) is 13.1 Å². The fourth-order valence-corrected chi connectivity index (χ4v) is 1.46. The summed E-state index contributed by atoms with van der Waals surface area (Å²) in [6.07, 6.45) is 4.48. The molecule has 5 nitrogen and oxygen atoms in total. The monoisotopic (exact) mass is 177 g/mol. The highest BCUT2D eigenvalue weighted by Gasteiger charge is 2.15. The molecule has 0 saturated carbocycles. The molecule has 0 fully saturated rings. The molecule has 1 rings (SSSR count). The average molecular weight is 177 g/mol. The number of nitrogens with one attached hydrogen (secondary N) is 1. The van der Waals surface area contributed by atoms with E-state index < -0.39 is 10.2 Å². The predicted octanol–water partition coefficient (Wildman–Crippen LogP) is -1.04. The van der Waals surface area contributed by atoms with Gasteiger partial charge in [-0.3, -0.25) is 0 Å². The number of nitrogens with two attached hydrogens (primary N) is 1. The van der Waals surface area contributed by atoms with Gasteiger partial charge in [0.15, 0.2) is 0 Å². The zero-order chi connectivity index (χ0) is 8.32. The van der Waals surface area contributed by atoms with Crippen LogP contribution in [0.5, 0.6) is 0 Å². The Labute approximate surface area is 66.0 Å². The summed E-state index contributed by atoms with van der Waals surface area (Å²) in [7, 11) is -3.57. The molecule has 0 atom stereocenters. The molecule has 3 N–H and O–H groups in total. The summed E-state index contributed by atoms with van der Waals surface area (Å²) < 4.78 is 22.6. The molecule has 1 aliphatic rings. The zero-order valence-corrected chi connectivity index (χ0v) is 6.84. The number of rotatable bonds is 1. The van der Waals surface area contributed by atoms with E-state index in [1.54, 1.807) is 0 Å². The Morgan fingerprint density at radius 2 is 2.18 bits per heavy atom. The minimum absolute atomic E-state index is 0.398. The van der Waals surface area contributed by atoms with E-state index in [1.807, 2.05) is 12.2 Å². The lowest BCUT2D eigenvalue weighted by molar-refractivity contribution is 0.342. The predicted molar refractivity (Wildman–Crippen MR) is 41.6 cm³/mol. The Morgan fingerprint density at radius 3 is 2.82 bits per heavy atom. The molecule has 11 heavy (non-hydrogen) atoms. The van der Waals surface area contributed by atoms with E-state index in [1.165, 1.54) is 0 Å². The molecule has 0 saturated heterocycles. The molecule has 0 aromatic heterocycles. The second kappa shape index (κ2) is 3.31. The molecule has 1 aliphatic heterocycles. The average Bonchev–Trinajstić information content (AvgIpc) is 2.10. The maximum absolute atomic E-state index is 10.8. The molecule has 0 spiro atoms. The van der Waals surface area contributed by atoms with Gasteiger partial charge in [0.05, 0.1) is 0 Å². The molecular formula is C5H11N3O2S. The number of hydrogen-bond acceptors (Lipinski definition) is 3. The van der Waals surface area contributed by atoms with Crippen LogP contribution in [0.25, 0.3) is 0 Å². The van der Waals surface area contributed by atoms with Crippen LogP contribution >= 0.6 is 0 Å². The van der Waals surface area contributed by atoms with Crippen LogP contribution in [0.15, 0.2) is 12.2 Å². The van der Waals surface area contributed by atoms with Gasteiger partial charge in [-0.1, -0.05) is 12.2 Å². The lowest BCUT2D eigenvalue weighted by Gasteiger charge is -2.16. The van der Waals surface area contributed by atoms with Crippen molar-refractivity contribution in [3.63, 3.8) is 0 Å². The van der Waals surface area contributed by atoms with Gasteiger partial charge in [-0.2, -0.15) is 8.42 Å². The normalized spacial score (nSPS) is 21.5. The first-order valence-electron chi connectivity index (χ1n) is 3.29. The van der Waals surface area contributed by atoms with Gasteiger partial charge in [-0.15, -0.1) is 4.41 Å². The first-order valence-corrected chi connectivity index (χ1v) is 4.80. The maximum Gasteiger partial charge on any atom is 0.289 e. The van der Waals surface area contributed by atoms with Crippen LogP contribution in [0.4, 0.5) is 0 Å². The SMILES string of the molecule is NS(=O)(=O)N1CCC=CCN1. The van der Waals surface area contributed by atoms with Crippen molar-refractivity contribution in [3.05, 3.63) is 12.2 Å². The molecule has 0 aromatic carbocycles. The van der Waals surface area contributed by atoms with Crippen LogP contribution in [0, 0.1) is 0 Å². The molecule has 0 aromatic rings. The highest BCUT2D eigenvalue weighted by atomic mass is 32.2. The van der Waals surface area contributed by atoms with Gasteiger partial charge in [0.25, 0.3) is 10.2 Å². The molecule has 0 bridgehead atoms. The van der Waals surface area contributed by atoms with E-state index in [9.17, 15) is 8.42 Å². The van der Waals surface area contributed by atoms with Crippen LogP contribution < -0.4 is 10.6 Å². The van der Waals surface area contributed by atoms with Gasteiger partial charge in [-0.25, -0.2) is 10.6 Å². The third kappa shape index (κ3) is 2.58. The molecule has 6 heteroatoms. The van der Waals surface area contributed by atoms with E-state index in [2.05, 4.69) is 5.43 Å². The van der Waals surface area contributed by atoms with Crippen molar-refractivity contribution in [2.45, 2.75) is 6.42 Å². The van der Waals surface area contributed by atoms with Gasteiger partial charge in [0.2, 0.25) is 0 Å². The second-order valence-corrected chi connectivity index (χ2v) is 3.71. The quantitative estimate of drug-likeness (QED) is 0.502. The highest BCUT2D eigenvalue weighted by Crippen LogP contribution is 1.96. The Morgan fingerprint density at radius 1 is 1.45 bits per heavy atom. The minimum Gasteiger partial charge on any atom is -0.237 e. The Balaban J connectivity index is 2.62. The summed E-state index contributed by atoms with van der Waals surface area (Å²) in [6, 6.07) is 0. The van der Waals surface area contributed by atoms with Gasteiger partial charge >= 0.3 is 0 Å². The van der Waals surface area contributed by atoms with Crippen molar-refractivity contribution in [1.82, 2.24) is 9.84 Å². The van der Waals surface area contributed by atoms with Crippen LogP contribution in [-0.4, -0.2) is 25.9 Å². The van der Waals surface area contributed by atoms with Gasteiger partial charge in [-0.05, 0) is 6.42 Å². The van der Waals surface area contributed by atoms with Crippen LogP contribution in [0.3, 0.4) is 0 Å². The van der Waals surface area contributed by atoms with Gasteiger partial charge < -0.3 is 0 Å². The van der Waals surface area contributed by atoms with Crippen molar-refractivity contribution in [1.29, 1.82) is 0 Å². The molecule has 0 aliphatic carbocycles. The van der Waals surface area contributed by atoms with Crippen LogP contribution in [-0.2, 0) is 10.2 Å². The van der Waals surface area contributed by atoms with E-state index in [0.717, 1.165) is 4.41 Å². The largest absolute Gasteiger partial charge is 0.289 e. The summed E-state index contributed by atoms with van der Waals surface area (Å²) >= 11 is 0. The van der Waals surface area contributed by atoms with Crippen molar-refractivity contribution in [2.24, 2.45) is 5.14 Å². The molecule has 1 heterocycles. The Bertz CT molecular complexity index is 236. The zero-order valence-electron chi connectivity index (χ0n) is 6.03. The molecule has 64 valence electrons. The summed E-state index contributed by atoms with van der Waals surface area (Å²) in [6.45, 7) is 0.908. The third-order valence-corrected chi connectivity index (χ3v) is 2.28. The van der Waals surface area contributed by atoms with E-state index in [0.29, 0.717) is 19.5 Å². The molecule has 0 unspecified atom stereocenters. The number of hydrogen-bond donors (Lipinski definition) is 2. The summed E-state index contributed by atoms with van der Waals surface area (Å²) in [5.74, 6) is 0. The highest BCUT2D eigenvalue weighted by molar-refractivity contribution is 7.86. The lowest BCUT2D eigenvalue weighted by Crippen LogP contribution is -2.46. The molecule has 0 radical (unpaired) electrons. The summed E-state index contributed by atoms with van der Waals surface area (Å²) in [5.41, 5.74) is 2.66. The smallest absolute Gasteiger partial charge is 0.237 e. The van der Waals surface area contributed by atoms with Gasteiger partial charge in [0.1, 0.15) is 0 Å². The fourth-order valence-electron chi connectivity index (χ4n) is 0.844. The first-order chi connectivity index (χ1) is 5.11. The number of hydrazine groups is 1. The lowest BCUT2D eigenvalue weighted by atomic mass is 10.4. The molecule has 0 amide bonds. The standard InChI is InChI=1S/C5H11N3O2S/c6-11(9,10)8-5-3-1-2-4-7-8/h1-2,7H,3-5H2,(H2,6,9,10). The summed E-state index contributed by atoms with van der Waals surface area (Å²) in [4.78, 5) is 0. The minimum atomic E-state index is -3.57. The Kier molecular flexibility index (Phi) is 2.61. The Hall–Kier alpha value is -0.430. The van der Waals surface area contributed by atoms with Crippen LogP contribution in [0.1, 0.15) is 6.42 Å². The third-order valence-electron chi connectivity index (χ3n) is 1.36. The van der Waals surface area contributed by atoms with Crippen molar-refractivity contribution < 1.29 is 8.42 Å². The number of nitrogens with zero attached hydrogens (tertiary/aromatic N) is 1. The maximum atomic E-state index is 10.8.